The molecule has 0 aliphatic rings. The van der Waals surface area contributed by atoms with Crippen molar-refractivity contribution in [3.05, 3.63) is 53.6 Å². The molecule has 4 heteroatoms. The van der Waals surface area contributed by atoms with E-state index in [1.54, 1.807) is 12.1 Å². The van der Waals surface area contributed by atoms with Crippen LogP contribution in [-0.2, 0) is 4.79 Å². The summed E-state index contributed by atoms with van der Waals surface area (Å²) in [4.78, 5) is 14.0. The summed E-state index contributed by atoms with van der Waals surface area (Å²) in [6.07, 6.45) is 0.662. The molecule has 1 heterocycles. The molecule has 0 aliphatic heterocycles. The third kappa shape index (κ3) is 2.20. The van der Waals surface area contributed by atoms with Crippen LogP contribution in [0.3, 0.4) is 0 Å². The molecular formula is C15H11ClN2O. The number of carbonyl (C=O) groups excluding carboxylic acids is 1. The van der Waals surface area contributed by atoms with E-state index in [9.17, 15) is 4.79 Å². The normalized spacial score (nSPS) is 10.6. The molecule has 0 aliphatic carbocycles. The summed E-state index contributed by atoms with van der Waals surface area (Å²) < 4.78 is 0. The van der Waals surface area contributed by atoms with Crippen LogP contribution < -0.4 is 5.32 Å². The van der Waals surface area contributed by atoms with Gasteiger partial charge in [-0.3, -0.25) is 4.79 Å². The molecule has 0 fully saturated rings. The van der Waals surface area contributed by atoms with Gasteiger partial charge in [0.2, 0.25) is 6.41 Å². The number of fused-ring (bicyclic) bond motifs is 1. The Hall–Kier alpha value is -2.26. The first-order valence-electron chi connectivity index (χ1n) is 5.86. The molecule has 0 saturated heterocycles. The first-order valence-corrected chi connectivity index (χ1v) is 6.23. The van der Waals surface area contributed by atoms with E-state index < -0.39 is 0 Å². The quantitative estimate of drug-likeness (QED) is 0.693. The molecule has 3 rings (SSSR count). The Morgan fingerprint density at radius 3 is 2.74 bits per heavy atom. The maximum Gasteiger partial charge on any atom is 0.211 e. The smallest absolute Gasteiger partial charge is 0.211 e. The van der Waals surface area contributed by atoms with Crippen molar-refractivity contribution in [2.75, 3.05) is 5.32 Å². The van der Waals surface area contributed by atoms with Crippen molar-refractivity contribution in [3.8, 4) is 11.3 Å². The van der Waals surface area contributed by atoms with Gasteiger partial charge in [0.25, 0.3) is 0 Å². The van der Waals surface area contributed by atoms with E-state index in [1.807, 2.05) is 36.4 Å². The molecular weight excluding hydrogens is 260 g/mol. The zero-order valence-electron chi connectivity index (χ0n) is 9.98. The van der Waals surface area contributed by atoms with Gasteiger partial charge in [-0.05, 0) is 30.3 Å². The average Bonchev–Trinajstić information content (AvgIpc) is 2.84. The second kappa shape index (κ2) is 4.78. The van der Waals surface area contributed by atoms with Gasteiger partial charge in [0.05, 0.1) is 0 Å². The average molecular weight is 271 g/mol. The van der Waals surface area contributed by atoms with Crippen molar-refractivity contribution < 1.29 is 4.79 Å². The van der Waals surface area contributed by atoms with Gasteiger partial charge in [0.1, 0.15) is 0 Å². The summed E-state index contributed by atoms with van der Waals surface area (Å²) in [5.41, 5.74) is 3.57. The van der Waals surface area contributed by atoms with E-state index in [0.717, 1.165) is 27.8 Å². The lowest BCUT2D eigenvalue weighted by atomic mass is 10.1. The maximum atomic E-state index is 10.7. The van der Waals surface area contributed by atoms with Crippen LogP contribution in [0.15, 0.2) is 48.5 Å². The highest BCUT2D eigenvalue weighted by Crippen LogP contribution is 2.32. The van der Waals surface area contributed by atoms with E-state index in [1.165, 1.54) is 0 Å². The first-order chi connectivity index (χ1) is 9.28. The third-order valence-corrected chi connectivity index (χ3v) is 3.25. The lowest BCUT2D eigenvalue weighted by Crippen LogP contribution is -1.96. The van der Waals surface area contributed by atoms with Gasteiger partial charge in [-0.1, -0.05) is 29.8 Å². The fraction of sp³-hybridized carbons (Fsp3) is 0. The number of hydrogen-bond donors (Lipinski definition) is 2. The van der Waals surface area contributed by atoms with Crippen molar-refractivity contribution in [3.63, 3.8) is 0 Å². The minimum atomic E-state index is 0.630. The zero-order valence-corrected chi connectivity index (χ0v) is 10.7. The minimum Gasteiger partial charge on any atom is -0.354 e. The number of amides is 1. The summed E-state index contributed by atoms with van der Waals surface area (Å²) in [7, 11) is 0. The van der Waals surface area contributed by atoms with Gasteiger partial charge in [0, 0.05) is 32.9 Å². The van der Waals surface area contributed by atoms with Gasteiger partial charge in [0.15, 0.2) is 0 Å². The van der Waals surface area contributed by atoms with Crippen molar-refractivity contribution >= 4 is 34.6 Å². The topological polar surface area (TPSA) is 44.9 Å². The molecule has 94 valence electrons. The molecule has 3 aromatic rings. The molecule has 1 aromatic heterocycles. The Balaban J connectivity index is 2.19. The maximum absolute atomic E-state index is 10.7. The van der Waals surface area contributed by atoms with E-state index in [-0.39, 0.29) is 0 Å². The summed E-state index contributed by atoms with van der Waals surface area (Å²) in [5, 5.41) is 4.44. The largest absolute Gasteiger partial charge is 0.354 e. The molecule has 0 saturated carbocycles. The summed E-state index contributed by atoms with van der Waals surface area (Å²) >= 11 is 6.04. The van der Waals surface area contributed by atoms with Crippen LogP contribution in [0.1, 0.15) is 0 Å². The van der Waals surface area contributed by atoms with Gasteiger partial charge < -0.3 is 10.3 Å². The Labute approximate surface area is 115 Å². The van der Waals surface area contributed by atoms with Crippen LogP contribution >= 0.6 is 11.6 Å². The molecule has 0 spiro atoms. The first kappa shape index (κ1) is 11.8. The predicted octanol–water partition coefficient (Wildman–Crippen LogP) is 4.06. The van der Waals surface area contributed by atoms with Crippen molar-refractivity contribution in [1.82, 2.24) is 4.98 Å². The lowest BCUT2D eigenvalue weighted by molar-refractivity contribution is -0.105. The van der Waals surface area contributed by atoms with Crippen LogP contribution in [0.4, 0.5) is 5.69 Å². The number of para-hydroxylation sites is 1. The van der Waals surface area contributed by atoms with Crippen molar-refractivity contribution in [2.24, 2.45) is 0 Å². The number of anilines is 1. The molecule has 2 N–H and O–H groups in total. The van der Waals surface area contributed by atoms with Gasteiger partial charge >= 0.3 is 0 Å². The number of aromatic amines is 1. The zero-order chi connectivity index (χ0) is 13.2. The number of benzene rings is 2. The summed E-state index contributed by atoms with van der Waals surface area (Å²) in [6, 6.07) is 15.4. The number of halogens is 1. The van der Waals surface area contributed by atoms with Gasteiger partial charge in [-0.2, -0.15) is 0 Å². The highest BCUT2D eigenvalue weighted by Gasteiger charge is 2.08. The van der Waals surface area contributed by atoms with E-state index in [2.05, 4.69) is 10.3 Å². The molecule has 3 nitrogen and oxygen atoms in total. The standard InChI is InChI=1S/C15H11ClN2O/c16-11-5-6-14(17-9-19)12(8-11)15-7-10-3-1-2-4-13(10)18-15/h1-9,18H,(H,17,19). The molecule has 19 heavy (non-hydrogen) atoms. The van der Waals surface area contributed by atoms with Crippen LogP contribution in [0.25, 0.3) is 22.2 Å². The highest BCUT2D eigenvalue weighted by atomic mass is 35.5. The van der Waals surface area contributed by atoms with Gasteiger partial charge in [-0.15, -0.1) is 0 Å². The van der Waals surface area contributed by atoms with Crippen LogP contribution in [0.2, 0.25) is 5.02 Å². The summed E-state index contributed by atoms with van der Waals surface area (Å²) in [5.74, 6) is 0. The van der Waals surface area contributed by atoms with E-state index in [4.69, 9.17) is 11.6 Å². The summed E-state index contributed by atoms with van der Waals surface area (Å²) in [6.45, 7) is 0. The lowest BCUT2D eigenvalue weighted by Gasteiger charge is -2.07. The molecule has 2 aromatic carbocycles. The van der Waals surface area contributed by atoms with Crippen LogP contribution in [0.5, 0.6) is 0 Å². The molecule has 1 amide bonds. The molecule has 0 radical (unpaired) electrons. The van der Waals surface area contributed by atoms with Crippen LogP contribution in [0, 0.1) is 0 Å². The minimum absolute atomic E-state index is 0.630. The number of aromatic nitrogens is 1. The molecule has 0 atom stereocenters. The predicted molar refractivity (Wildman–Crippen MR) is 78.4 cm³/mol. The number of nitrogens with one attached hydrogen (secondary N) is 2. The number of H-pyrrole nitrogens is 1. The van der Waals surface area contributed by atoms with Crippen molar-refractivity contribution in [2.45, 2.75) is 0 Å². The number of carbonyl (C=O) groups is 1. The molecule has 0 unspecified atom stereocenters. The Morgan fingerprint density at radius 1 is 1.11 bits per heavy atom. The Bertz CT molecular complexity index is 716. The van der Waals surface area contributed by atoms with E-state index in [0.29, 0.717) is 11.4 Å². The highest BCUT2D eigenvalue weighted by molar-refractivity contribution is 6.31. The second-order valence-corrected chi connectivity index (χ2v) is 4.66. The third-order valence-electron chi connectivity index (χ3n) is 3.02. The van der Waals surface area contributed by atoms with E-state index >= 15 is 0 Å². The SMILES string of the molecule is O=CNc1ccc(Cl)cc1-c1cc2ccccc2[nH]1. The monoisotopic (exact) mass is 270 g/mol. The van der Waals surface area contributed by atoms with Crippen LogP contribution in [-0.4, -0.2) is 11.4 Å². The Morgan fingerprint density at radius 2 is 1.95 bits per heavy atom. The van der Waals surface area contributed by atoms with Gasteiger partial charge in [-0.25, -0.2) is 0 Å². The van der Waals surface area contributed by atoms with Crippen molar-refractivity contribution in [1.29, 1.82) is 0 Å². The fourth-order valence-electron chi connectivity index (χ4n) is 2.15. The second-order valence-electron chi connectivity index (χ2n) is 4.22. The Kier molecular flexibility index (Phi) is 2.97. The fourth-order valence-corrected chi connectivity index (χ4v) is 2.32. The number of hydrogen-bond acceptors (Lipinski definition) is 1. The molecule has 0 bridgehead atoms. The number of rotatable bonds is 3.